The maximum absolute atomic E-state index is 4.93. The molecule has 0 aromatic rings. The zero-order chi connectivity index (χ0) is 6.53. The first kappa shape index (κ1) is 7.07. The molecule has 1 saturated carbocycles. The smallest absolute Gasteiger partial charge is 0.140 e. The Morgan fingerprint density at radius 3 is 2.67 bits per heavy atom. The molecule has 1 fully saturated rings. The van der Waals surface area contributed by atoms with Crippen LogP contribution in [0.2, 0.25) is 0 Å². The number of ether oxygens (including phenoxy) is 1. The SMILES string of the molecule is CCO[C][C]1[CH][CH][CH][CH]1. The van der Waals surface area contributed by atoms with Crippen LogP contribution in [0.1, 0.15) is 6.92 Å². The van der Waals surface area contributed by atoms with Gasteiger partial charge in [0.25, 0.3) is 0 Å². The maximum Gasteiger partial charge on any atom is 0.140 e. The first-order valence-corrected chi connectivity index (χ1v) is 3.03. The lowest BCUT2D eigenvalue weighted by Gasteiger charge is -2.02. The van der Waals surface area contributed by atoms with E-state index in [-0.39, 0.29) is 0 Å². The maximum atomic E-state index is 4.93. The van der Waals surface area contributed by atoms with Gasteiger partial charge in [0.05, 0.1) is 0 Å². The van der Waals surface area contributed by atoms with Gasteiger partial charge in [-0.3, -0.25) is 0 Å². The van der Waals surface area contributed by atoms with E-state index in [0.29, 0.717) is 6.61 Å². The highest BCUT2D eigenvalue weighted by Crippen LogP contribution is 2.25. The summed E-state index contributed by atoms with van der Waals surface area (Å²) in [6.07, 6.45) is 7.83. The van der Waals surface area contributed by atoms with E-state index in [4.69, 9.17) is 4.74 Å². The summed E-state index contributed by atoms with van der Waals surface area (Å²) in [5.41, 5.74) is 0. The lowest BCUT2D eigenvalue weighted by Crippen LogP contribution is -1.96. The summed E-state index contributed by atoms with van der Waals surface area (Å²) in [4.78, 5) is 0. The second-order valence-corrected chi connectivity index (χ2v) is 1.71. The predicted molar refractivity (Wildman–Crippen MR) is 35.3 cm³/mol. The van der Waals surface area contributed by atoms with Crippen LogP contribution in [-0.4, -0.2) is 6.61 Å². The molecule has 7 radical (unpaired) electrons. The van der Waals surface area contributed by atoms with Gasteiger partial charge < -0.3 is 4.74 Å². The van der Waals surface area contributed by atoms with Gasteiger partial charge in [-0.15, -0.1) is 0 Å². The molecule has 1 nitrogen and oxygen atoms in total. The van der Waals surface area contributed by atoms with Gasteiger partial charge in [-0.25, -0.2) is 0 Å². The van der Waals surface area contributed by atoms with Crippen molar-refractivity contribution in [1.29, 1.82) is 0 Å². The Hall–Kier alpha value is -0.0400. The van der Waals surface area contributed by atoms with E-state index >= 15 is 0 Å². The molecule has 0 aromatic carbocycles. The average Bonchev–Trinajstić information content (AvgIpc) is 2.34. The van der Waals surface area contributed by atoms with Crippen LogP contribution in [0.15, 0.2) is 0 Å². The third-order valence-electron chi connectivity index (χ3n) is 0.997. The molecule has 9 heavy (non-hydrogen) atoms. The number of rotatable bonds is 3. The van der Waals surface area contributed by atoms with Crippen LogP contribution in [-0.2, 0) is 4.74 Å². The van der Waals surface area contributed by atoms with E-state index in [1.165, 1.54) is 0 Å². The molecule has 0 bridgehead atoms. The van der Waals surface area contributed by atoms with Gasteiger partial charge in [0.2, 0.25) is 0 Å². The van der Waals surface area contributed by atoms with Crippen LogP contribution in [0.4, 0.5) is 0 Å². The Bertz CT molecular complexity index is 65.0. The van der Waals surface area contributed by atoms with Crippen molar-refractivity contribution in [3.05, 3.63) is 38.2 Å². The second kappa shape index (κ2) is 3.89. The largest absolute Gasteiger partial charge is 0.368 e. The Morgan fingerprint density at radius 2 is 2.11 bits per heavy atom. The van der Waals surface area contributed by atoms with Crippen LogP contribution in [0.3, 0.4) is 0 Å². The number of hydrogen-bond donors (Lipinski definition) is 0. The Labute approximate surface area is 57.4 Å². The van der Waals surface area contributed by atoms with Gasteiger partial charge in [0.15, 0.2) is 0 Å². The molecular formula is C8H9O. The van der Waals surface area contributed by atoms with Gasteiger partial charge in [0.1, 0.15) is 6.61 Å². The first-order chi connectivity index (χ1) is 4.43. The minimum absolute atomic E-state index is 0.686. The fraction of sp³-hybridized carbons (Fsp3) is 0.250. The average molecular weight is 121 g/mol. The molecule has 47 valence electrons. The van der Waals surface area contributed by atoms with Gasteiger partial charge in [-0.05, 0) is 32.6 Å². The van der Waals surface area contributed by atoms with E-state index in [0.717, 1.165) is 5.92 Å². The lowest BCUT2D eigenvalue weighted by atomic mass is 10.1. The molecular weight excluding hydrogens is 112 g/mol. The van der Waals surface area contributed by atoms with Crippen molar-refractivity contribution in [3.63, 3.8) is 0 Å². The second-order valence-electron chi connectivity index (χ2n) is 1.71. The Kier molecular flexibility index (Phi) is 3.05. The van der Waals surface area contributed by atoms with Gasteiger partial charge in [-0.2, -0.15) is 0 Å². The molecule has 0 heterocycles. The van der Waals surface area contributed by atoms with Crippen molar-refractivity contribution >= 4 is 0 Å². The summed E-state index contributed by atoms with van der Waals surface area (Å²) in [6.45, 7) is 5.40. The molecule has 0 aromatic heterocycles. The van der Waals surface area contributed by atoms with Crippen molar-refractivity contribution in [1.82, 2.24) is 0 Å². The standard InChI is InChI=1S/C8H9O/c1-2-9-7-8-5-3-4-6-8/h3-6H,2H2,1H3. The topological polar surface area (TPSA) is 9.23 Å². The summed E-state index contributed by atoms with van der Waals surface area (Å²) in [6, 6.07) is 0. The fourth-order valence-corrected chi connectivity index (χ4v) is 0.598. The predicted octanol–water partition coefficient (Wildman–Crippen LogP) is 1.47. The molecule has 0 saturated heterocycles. The fourth-order valence-electron chi connectivity index (χ4n) is 0.598. The Balaban J connectivity index is 1.98. The molecule has 1 aliphatic carbocycles. The van der Waals surface area contributed by atoms with Gasteiger partial charge in [-0.1, -0.05) is 0 Å². The first-order valence-electron chi connectivity index (χ1n) is 3.03. The third-order valence-corrected chi connectivity index (χ3v) is 0.997. The monoisotopic (exact) mass is 121 g/mol. The molecule has 1 heteroatoms. The highest BCUT2D eigenvalue weighted by Gasteiger charge is 2.17. The normalized spacial score (nSPS) is 21.0. The summed E-state index contributed by atoms with van der Waals surface area (Å²) in [5, 5.41) is 0. The molecule has 0 N–H and O–H groups in total. The highest BCUT2D eigenvalue weighted by molar-refractivity contribution is 5.38. The van der Waals surface area contributed by atoms with E-state index in [1.807, 2.05) is 32.6 Å². The van der Waals surface area contributed by atoms with Crippen LogP contribution >= 0.6 is 0 Å². The molecule has 0 spiro atoms. The molecule has 0 aliphatic heterocycles. The van der Waals surface area contributed by atoms with Gasteiger partial charge >= 0.3 is 0 Å². The number of hydrogen-bond acceptors (Lipinski definition) is 1. The molecule has 1 aliphatic rings. The summed E-state index contributed by atoms with van der Waals surface area (Å²) < 4.78 is 4.93. The van der Waals surface area contributed by atoms with Gasteiger partial charge in [0, 0.05) is 12.5 Å². The van der Waals surface area contributed by atoms with E-state index < -0.39 is 0 Å². The van der Waals surface area contributed by atoms with E-state index in [1.54, 1.807) is 0 Å². The summed E-state index contributed by atoms with van der Waals surface area (Å²) in [5.74, 6) is 1.01. The van der Waals surface area contributed by atoms with Crippen molar-refractivity contribution in [2.45, 2.75) is 6.92 Å². The van der Waals surface area contributed by atoms with Crippen LogP contribution < -0.4 is 0 Å². The molecule has 0 amide bonds. The third kappa shape index (κ3) is 2.35. The van der Waals surface area contributed by atoms with Crippen molar-refractivity contribution < 1.29 is 4.74 Å². The lowest BCUT2D eigenvalue weighted by molar-refractivity contribution is 0.221. The minimum atomic E-state index is 0.686. The zero-order valence-corrected chi connectivity index (χ0v) is 5.42. The van der Waals surface area contributed by atoms with Crippen molar-refractivity contribution in [2.24, 2.45) is 0 Å². The quantitative estimate of drug-likeness (QED) is 0.549. The zero-order valence-electron chi connectivity index (χ0n) is 5.42. The molecule has 1 rings (SSSR count). The summed E-state index contributed by atoms with van der Waals surface area (Å²) >= 11 is 0. The minimum Gasteiger partial charge on any atom is -0.368 e. The van der Waals surface area contributed by atoms with Crippen LogP contribution in [0.25, 0.3) is 0 Å². The van der Waals surface area contributed by atoms with Crippen LogP contribution in [0.5, 0.6) is 0 Å². The van der Waals surface area contributed by atoms with Crippen LogP contribution in [0, 0.1) is 38.2 Å². The molecule has 0 atom stereocenters. The molecule has 0 unspecified atom stereocenters. The highest BCUT2D eigenvalue weighted by atomic mass is 16.5. The van der Waals surface area contributed by atoms with Crippen molar-refractivity contribution in [2.75, 3.05) is 6.61 Å². The Morgan fingerprint density at radius 1 is 1.44 bits per heavy atom. The van der Waals surface area contributed by atoms with Crippen molar-refractivity contribution in [3.8, 4) is 0 Å². The summed E-state index contributed by atoms with van der Waals surface area (Å²) in [7, 11) is 0. The van der Waals surface area contributed by atoms with E-state index in [9.17, 15) is 0 Å². The van der Waals surface area contributed by atoms with E-state index in [2.05, 4.69) is 6.61 Å².